The molecule has 0 unspecified atom stereocenters. The van der Waals surface area contributed by atoms with E-state index in [0.29, 0.717) is 29.9 Å². The third kappa shape index (κ3) is 3.53. The summed E-state index contributed by atoms with van der Waals surface area (Å²) in [4.78, 5) is 2.02. The molecule has 2 rings (SSSR count). The van der Waals surface area contributed by atoms with E-state index in [2.05, 4.69) is 10.2 Å². The molecule has 5 nitrogen and oxygen atoms in total. The SMILES string of the molecule is CCN(CCO)Cc1nnc(-c2ccccc2Cl)o1. The Morgan fingerprint density at radius 2 is 2.11 bits per heavy atom. The third-order valence-electron chi connectivity index (χ3n) is 2.79. The van der Waals surface area contributed by atoms with Crippen LogP contribution in [-0.4, -0.2) is 39.9 Å². The molecule has 0 aliphatic rings. The van der Waals surface area contributed by atoms with E-state index in [1.807, 2.05) is 30.0 Å². The largest absolute Gasteiger partial charge is 0.419 e. The van der Waals surface area contributed by atoms with Crippen LogP contribution >= 0.6 is 11.6 Å². The van der Waals surface area contributed by atoms with E-state index in [4.69, 9.17) is 21.1 Å². The van der Waals surface area contributed by atoms with Gasteiger partial charge in [0.2, 0.25) is 11.8 Å². The number of halogens is 1. The molecule has 0 radical (unpaired) electrons. The molecule has 1 aromatic heterocycles. The van der Waals surface area contributed by atoms with Gasteiger partial charge >= 0.3 is 0 Å². The van der Waals surface area contributed by atoms with Crippen molar-refractivity contribution in [2.45, 2.75) is 13.5 Å². The lowest BCUT2D eigenvalue weighted by Crippen LogP contribution is -2.26. The summed E-state index contributed by atoms with van der Waals surface area (Å²) in [5.74, 6) is 0.936. The fraction of sp³-hybridized carbons (Fsp3) is 0.385. The number of aliphatic hydroxyl groups is 1. The van der Waals surface area contributed by atoms with Crippen molar-refractivity contribution in [2.24, 2.45) is 0 Å². The van der Waals surface area contributed by atoms with Gasteiger partial charge in [0, 0.05) is 6.54 Å². The van der Waals surface area contributed by atoms with Gasteiger partial charge in [-0.2, -0.15) is 0 Å². The summed E-state index contributed by atoms with van der Waals surface area (Å²) >= 11 is 6.08. The van der Waals surface area contributed by atoms with Gasteiger partial charge < -0.3 is 9.52 Å². The number of rotatable bonds is 6. The highest BCUT2D eigenvalue weighted by molar-refractivity contribution is 6.33. The van der Waals surface area contributed by atoms with Crippen LogP contribution < -0.4 is 0 Å². The van der Waals surface area contributed by atoms with Crippen LogP contribution in [0.2, 0.25) is 5.02 Å². The van der Waals surface area contributed by atoms with Crippen molar-refractivity contribution in [2.75, 3.05) is 19.7 Å². The summed E-state index contributed by atoms with van der Waals surface area (Å²) in [7, 11) is 0. The number of likely N-dealkylation sites (N-methyl/N-ethyl adjacent to an activating group) is 1. The van der Waals surface area contributed by atoms with Gasteiger partial charge in [-0.3, -0.25) is 4.90 Å². The van der Waals surface area contributed by atoms with Crippen molar-refractivity contribution in [3.63, 3.8) is 0 Å². The molecule has 102 valence electrons. The fourth-order valence-corrected chi connectivity index (χ4v) is 1.96. The summed E-state index contributed by atoms with van der Waals surface area (Å²) in [6.07, 6.45) is 0. The van der Waals surface area contributed by atoms with Gasteiger partial charge in [-0.1, -0.05) is 30.7 Å². The number of aliphatic hydroxyl groups excluding tert-OH is 1. The highest BCUT2D eigenvalue weighted by Gasteiger charge is 2.13. The van der Waals surface area contributed by atoms with E-state index in [1.54, 1.807) is 6.07 Å². The second-order valence-corrected chi connectivity index (χ2v) is 4.48. The maximum absolute atomic E-state index is 8.94. The first kappa shape index (κ1) is 14.0. The zero-order chi connectivity index (χ0) is 13.7. The monoisotopic (exact) mass is 281 g/mol. The molecule has 0 atom stereocenters. The third-order valence-corrected chi connectivity index (χ3v) is 3.12. The molecule has 1 N–H and O–H groups in total. The van der Waals surface area contributed by atoms with Crippen molar-refractivity contribution in [1.29, 1.82) is 0 Å². The van der Waals surface area contributed by atoms with Gasteiger partial charge in [0.15, 0.2) is 0 Å². The minimum absolute atomic E-state index is 0.110. The maximum atomic E-state index is 8.94. The van der Waals surface area contributed by atoms with Gasteiger partial charge in [-0.05, 0) is 18.7 Å². The van der Waals surface area contributed by atoms with Gasteiger partial charge in [-0.15, -0.1) is 10.2 Å². The lowest BCUT2D eigenvalue weighted by Gasteiger charge is -2.15. The molecule has 0 bridgehead atoms. The van der Waals surface area contributed by atoms with E-state index in [1.165, 1.54) is 0 Å². The van der Waals surface area contributed by atoms with E-state index in [0.717, 1.165) is 12.1 Å². The van der Waals surface area contributed by atoms with E-state index in [-0.39, 0.29) is 6.61 Å². The van der Waals surface area contributed by atoms with Crippen LogP contribution in [0.1, 0.15) is 12.8 Å². The summed E-state index contributed by atoms with van der Waals surface area (Å²) in [6, 6.07) is 7.34. The smallest absolute Gasteiger partial charge is 0.249 e. The topological polar surface area (TPSA) is 62.4 Å². The first-order chi connectivity index (χ1) is 9.24. The molecule has 0 saturated heterocycles. The Bertz CT molecular complexity index is 530. The van der Waals surface area contributed by atoms with Crippen LogP contribution in [-0.2, 0) is 6.54 Å². The zero-order valence-corrected chi connectivity index (χ0v) is 11.5. The first-order valence-electron chi connectivity index (χ1n) is 6.15. The molecule has 0 spiro atoms. The van der Waals surface area contributed by atoms with Crippen LogP contribution in [0.25, 0.3) is 11.5 Å². The van der Waals surface area contributed by atoms with Crippen molar-refractivity contribution in [3.05, 3.63) is 35.2 Å². The second-order valence-electron chi connectivity index (χ2n) is 4.07. The van der Waals surface area contributed by atoms with Crippen LogP contribution in [0.5, 0.6) is 0 Å². The molecule has 0 amide bonds. The van der Waals surface area contributed by atoms with Crippen molar-refractivity contribution >= 4 is 11.6 Å². The summed E-state index contributed by atoms with van der Waals surface area (Å²) in [6.45, 7) is 4.04. The first-order valence-corrected chi connectivity index (χ1v) is 6.53. The van der Waals surface area contributed by atoms with Crippen LogP contribution in [0, 0.1) is 0 Å². The molecule has 1 heterocycles. The Kier molecular flexibility index (Phi) is 4.90. The summed E-state index contributed by atoms with van der Waals surface area (Å²) in [5.41, 5.74) is 0.730. The molecule has 0 aliphatic carbocycles. The van der Waals surface area contributed by atoms with Crippen molar-refractivity contribution < 1.29 is 9.52 Å². The van der Waals surface area contributed by atoms with E-state index in [9.17, 15) is 0 Å². The zero-order valence-electron chi connectivity index (χ0n) is 10.7. The minimum atomic E-state index is 0.110. The molecular formula is C13H16ClN3O2. The lowest BCUT2D eigenvalue weighted by molar-refractivity contribution is 0.185. The van der Waals surface area contributed by atoms with Crippen molar-refractivity contribution in [3.8, 4) is 11.5 Å². The number of nitrogens with zero attached hydrogens (tertiary/aromatic N) is 3. The van der Waals surface area contributed by atoms with E-state index >= 15 is 0 Å². The Morgan fingerprint density at radius 3 is 2.79 bits per heavy atom. The summed E-state index contributed by atoms with van der Waals surface area (Å²) < 4.78 is 5.60. The maximum Gasteiger partial charge on any atom is 0.249 e. The van der Waals surface area contributed by atoms with Crippen LogP contribution in [0.15, 0.2) is 28.7 Å². The Morgan fingerprint density at radius 1 is 1.32 bits per heavy atom. The van der Waals surface area contributed by atoms with Gasteiger partial charge in [0.05, 0.1) is 23.7 Å². The number of benzene rings is 1. The molecule has 0 saturated carbocycles. The molecule has 2 aromatic rings. The number of hydrogen-bond acceptors (Lipinski definition) is 5. The minimum Gasteiger partial charge on any atom is -0.419 e. The Balaban J connectivity index is 2.13. The Hall–Kier alpha value is -1.43. The molecule has 0 aliphatic heterocycles. The molecule has 0 fully saturated rings. The predicted octanol–water partition coefficient (Wildman–Crippen LogP) is 2.20. The van der Waals surface area contributed by atoms with Gasteiger partial charge in [-0.25, -0.2) is 0 Å². The number of aromatic nitrogens is 2. The average Bonchev–Trinajstić information content (AvgIpc) is 2.87. The van der Waals surface area contributed by atoms with Gasteiger partial charge in [0.1, 0.15) is 0 Å². The lowest BCUT2D eigenvalue weighted by atomic mass is 10.2. The second kappa shape index (κ2) is 6.65. The number of hydrogen-bond donors (Lipinski definition) is 1. The Labute approximate surface area is 116 Å². The van der Waals surface area contributed by atoms with Crippen LogP contribution in [0.3, 0.4) is 0 Å². The van der Waals surface area contributed by atoms with Crippen LogP contribution in [0.4, 0.5) is 0 Å². The highest BCUT2D eigenvalue weighted by atomic mass is 35.5. The molecule has 6 heteroatoms. The quantitative estimate of drug-likeness (QED) is 0.879. The van der Waals surface area contributed by atoms with Gasteiger partial charge in [0.25, 0.3) is 0 Å². The molecule has 19 heavy (non-hydrogen) atoms. The molecular weight excluding hydrogens is 266 g/mol. The normalized spacial score (nSPS) is 11.2. The standard InChI is InChI=1S/C13H16ClN3O2/c1-2-17(7-8-18)9-12-15-16-13(19-12)10-5-3-4-6-11(10)14/h3-6,18H,2,7-9H2,1H3. The molecule has 1 aromatic carbocycles. The summed E-state index contributed by atoms with van der Waals surface area (Å²) in [5, 5.41) is 17.5. The van der Waals surface area contributed by atoms with Crippen molar-refractivity contribution in [1.82, 2.24) is 15.1 Å². The van der Waals surface area contributed by atoms with E-state index < -0.39 is 0 Å². The highest BCUT2D eigenvalue weighted by Crippen LogP contribution is 2.26. The fourth-order valence-electron chi connectivity index (χ4n) is 1.74. The predicted molar refractivity (Wildman–Crippen MR) is 72.8 cm³/mol. The average molecular weight is 282 g/mol.